The highest BCUT2D eigenvalue weighted by molar-refractivity contribution is 6.26. The number of hydrogen-bond donors (Lipinski definition) is 0. The summed E-state index contributed by atoms with van der Waals surface area (Å²) in [7, 11) is 1.63. The van der Waals surface area contributed by atoms with Gasteiger partial charge in [-0.15, -0.1) is 0 Å². The summed E-state index contributed by atoms with van der Waals surface area (Å²) in [5.41, 5.74) is 1.13. The summed E-state index contributed by atoms with van der Waals surface area (Å²) in [5.74, 6) is -0.517. The first-order chi connectivity index (χ1) is 10.5. The van der Waals surface area contributed by atoms with E-state index in [0.29, 0.717) is 25.8 Å². The molecule has 1 fully saturated rings. The first-order valence-electron chi connectivity index (χ1n) is 7.40. The average molecular weight is 303 g/mol. The molecule has 1 aliphatic heterocycles. The maximum atomic E-state index is 11.8. The third-order valence-corrected chi connectivity index (χ3v) is 4.27. The highest BCUT2D eigenvalue weighted by Crippen LogP contribution is 2.26. The zero-order valence-electron chi connectivity index (χ0n) is 13.0. The van der Waals surface area contributed by atoms with E-state index in [1.165, 1.54) is 6.92 Å². The summed E-state index contributed by atoms with van der Waals surface area (Å²) in [6, 6.07) is 7.79. The van der Waals surface area contributed by atoms with E-state index in [-0.39, 0.29) is 11.7 Å². The van der Waals surface area contributed by atoms with E-state index in [0.717, 1.165) is 17.9 Å². The van der Waals surface area contributed by atoms with Crippen molar-refractivity contribution < 1.29 is 19.1 Å². The normalized spacial score (nSPS) is 22.1. The predicted molar refractivity (Wildman–Crippen MR) is 81.6 cm³/mol. The lowest BCUT2D eigenvalue weighted by atomic mass is 9.80. The lowest BCUT2D eigenvalue weighted by Crippen LogP contribution is -2.45. The Kier molecular flexibility index (Phi) is 5.44. The number of ketones is 2. The van der Waals surface area contributed by atoms with Gasteiger partial charge in [-0.2, -0.15) is 0 Å². The second kappa shape index (κ2) is 7.31. The van der Waals surface area contributed by atoms with Crippen LogP contribution in [0.15, 0.2) is 24.3 Å². The number of piperidine rings is 1. The molecule has 5 nitrogen and oxygen atoms in total. The Balaban J connectivity index is 2.03. The average Bonchev–Trinajstić information content (AvgIpc) is 2.54. The molecule has 0 spiro atoms. The first kappa shape index (κ1) is 16.4. The lowest BCUT2D eigenvalue weighted by Gasteiger charge is -2.36. The summed E-state index contributed by atoms with van der Waals surface area (Å²) >= 11 is 0. The van der Waals surface area contributed by atoms with Crippen molar-refractivity contribution in [2.24, 2.45) is 11.8 Å². The van der Waals surface area contributed by atoms with Crippen molar-refractivity contribution in [2.45, 2.75) is 19.9 Å². The molecule has 22 heavy (non-hydrogen) atoms. The largest absolute Gasteiger partial charge is 0.497 e. The highest BCUT2D eigenvalue weighted by atomic mass is 16.5. The molecule has 2 rings (SSSR count). The number of rotatable bonds is 6. The van der Waals surface area contributed by atoms with Gasteiger partial charge in [0.1, 0.15) is 11.5 Å². The van der Waals surface area contributed by atoms with Crippen LogP contribution < -0.4 is 4.74 Å². The number of Topliss-reactive ketones (excluding diaryl/α,β-unsaturated/α-hetero) is 2. The van der Waals surface area contributed by atoms with Crippen molar-refractivity contribution >= 4 is 17.9 Å². The summed E-state index contributed by atoms with van der Waals surface area (Å²) in [6.07, 6.45) is 0.901. The van der Waals surface area contributed by atoms with Crippen LogP contribution >= 0.6 is 0 Å². The van der Waals surface area contributed by atoms with Gasteiger partial charge in [-0.05, 0) is 37.6 Å². The molecule has 1 aliphatic rings. The molecule has 0 radical (unpaired) electrons. The molecule has 0 amide bonds. The molecule has 0 bridgehead atoms. The minimum absolute atomic E-state index is 0.0281. The van der Waals surface area contributed by atoms with Crippen LogP contribution in [0.1, 0.15) is 18.9 Å². The van der Waals surface area contributed by atoms with E-state index < -0.39 is 11.7 Å². The van der Waals surface area contributed by atoms with Crippen molar-refractivity contribution in [3.63, 3.8) is 0 Å². The number of aldehydes is 1. The van der Waals surface area contributed by atoms with Crippen molar-refractivity contribution in [1.82, 2.24) is 4.90 Å². The second-order valence-electron chi connectivity index (χ2n) is 5.72. The zero-order valence-corrected chi connectivity index (χ0v) is 13.0. The summed E-state index contributed by atoms with van der Waals surface area (Å²) in [6.45, 7) is 3.44. The molecular formula is C17H21NO4. The number of carbonyl (C=O) groups excluding carboxylic acids is 3. The standard InChI is InChI=1S/C17H21NO4/c1-12(20)16-10-18(8-7-15(16)17(21)11-19)9-13-3-5-14(22-2)6-4-13/h3-6,11,15-16H,7-10H2,1-2H3. The Morgan fingerprint density at radius 3 is 2.50 bits per heavy atom. The number of methoxy groups -OCH3 is 1. The van der Waals surface area contributed by atoms with Crippen LogP contribution in [0.2, 0.25) is 0 Å². The van der Waals surface area contributed by atoms with Gasteiger partial charge in [-0.1, -0.05) is 12.1 Å². The summed E-state index contributed by atoms with van der Waals surface area (Å²) < 4.78 is 5.13. The molecule has 0 N–H and O–H groups in total. The molecule has 0 aliphatic carbocycles. The molecule has 1 aromatic rings. The number of nitrogens with zero attached hydrogens (tertiary/aromatic N) is 1. The molecule has 0 saturated carbocycles. The summed E-state index contributed by atoms with van der Waals surface area (Å²) in [4.78, 5) is 36.3. The van der Waals surface area contributed by atoms with Crippen LogP contribution in [0.3, 0.4) is 0 Å². The van der Waals surface area contributed by atoms with Crippen LogP contribution in [0, 0.1) is 11.8 Å². The van der Waals surface area contributed by atoms with Gasteiger partial charge in [0, 0.05) is 24.9 Å². The minimum atomic E-state index is -0.456. The van der Waals surface area contributed by atoms with Gasteiger partial charge in [-0.25, -0.2) is 0 Å². The van der Waals surface area contributed by atoms with Gasteiger partial charge < -0.3 is 4.74 Å². The molecule has 1 saturated heterocycles. The smallest absolute Gasteiger partial charge is 0.199 e. The van der Waals surface area contributed by atoms with E-state index in [1.807, 2.05) is 24.3 Å². The van der Waals surface area contributed by atoms with Gasteiger partial charge in [0.2, 0.25) is 0 Å². The van der Waals surface area contributed by atoms with Crippen molar-refractivity contribution in [2.75, 3.05) is 20.2 Å². The van der Waals surface area contributed by atoms with Crippen LogP contribution in [-0.4, -0.2) is 43.0 Å². The van der Waals surface area contributed by atoms with E-state index in [9.17, 15) is 14.4 Å². The van der Waals surface area contributed by atoms with Crippen molar-refractivity contribution in [3.05, 3.63) is 29.8 Å². The van der Waals surface area contributed by atoms with Crippen LogP contribution in [0.4, 0.5) is 0 Å². The van der Waals surface area contributed by atoms with Crippen LogP contribution in [-0.2, 0) is 20.9 Å². The Labute approximate surface area is 130 Å². The van der Waals surface area contributed by atoms with E-state index in [2.05, 4.69) is 4.90 Å². The molecule has 118 valence electrons. The third-order valence-electron chi connectivity index (χ3n) is 4.27. The SMILES string of the molecule is COc1ccc(CN2CCC(C(=O)C=O)C(C(C)=O)C2)cc1. The minimum Gasteiger partial charge on any atom is -0.497 e. The van der Waals surface area contributed by atoms with Gasteiger partial charge in [0.25, 0.3) is 0 Å². The fraction of sp³-hybridized carbons (Fsp3) is 0.471. The molecule has 2 unspecified atom stereocenters. The Morgan fingerprint density at radius 1 is 1.27 bits per heavy atom. The highest BCUT2D eigenvalue weighted by Gasteiger charge is 2.36. The predicted octanol–water partition coefficient (Wildman–Crippen LogP) is 1.49. The van der Waals surface area contributed by atoms with Gasteiger partial charge >= 0.3 is 0 Å². The van der Waals surface area contributed by atoms with E-state index in [1.54, 1.807) is 7.11 Å². The fourth-order valence-electron chi connectivity index (χ4n) is 2.99. The molecular weight excluding hydrogens is 282 g/mol. The van der Waals surface area contributed by atoms with Gasteiger partial charge in [0.15, 0.2) is 12.1 Å². The van der Waals surface area contributed by atoms with Crippen LogP contribution in [0.25, 0.3) is 0 Å². The maximum Gasteiger partial charge on any atom is 0.199 e. The van der Waals surface area contributed by atoms with Crippen molar-refractivity contribution in [1.29, 1.82) is 0 Å². The number of carbonyl (C=O) groups is 3. The number of likely N-dealkylation sites (tertiary alicyclic amines) is 1. The lowest BCUT2D eigenvalue weighted by molar-refractivity contribution is -0.138. The van der Waals surface area contributed by atoms with Gasteiger partial charge in [-0.3, -0.25) is 19.3 Å². The zero-order chi connectivity index (χ0) is 16.1. The molecule has 5 heteroatoms. The quantitative estimate of drug-likeness (QED) is 0.588. The summed E-state index contributed by atoms with van der Waals surface area (Å²) in [5, 5.41) is 0. The van der Waals surface area contributed by atoms with Crippen molar-refractivity contribution in [3.8, 4) is 5.75 Å². The fourth-order valence-corrected chi connectivity index (χ4v) is 2.99. The number of benzene rings is 1. The Hall–Kier alpha value is -2.01. The third kappa shape index (κ3) is 3.80. The van der Waals surface area contributed by atoms with Gasteiger partial charge in [0.05, 0.1) is 7.11 Å². The Morgan fingerprint density at radius 2 is 1.95 bits per heavy atom. The van der Waals surface area contributed by atoms with Crippen LogP contribution in [0.5, 0.6) is 5.75 Å². The molecule has 1 aromatic carbocycles. The molecule has 2 atom stereocenters. The van der Waals surface area contributed by atoms with E-state index >= 15 is 0 Å². The molecule has 1 heterocycles. The Bertz CT molecular complexity index is 552. The monoisotopic (exact) mass is 303 g/mol. The number of ether oxygens (including phenoxy) is 1. The first-order valence-corrected chi connectivity index (χ1v) is 7.40. The number of hydrogen-bond acceptors (Lipinski definition) is 5. The second-order valence-corrected chi connectivity index (χ2v) is 5.72. The molecule has 0 aromatic heterocycles. The maximum absolute atomic E-state index is 11.8. The topological polar surface area (TPSA) is 63.7 Å². The van der Waals surface area contributed by atoms with E-state index in [4.69, 9.17) is 4.74 Å².